The van der Waals surface area contributed by atoms with Crippen LogP contribution in [0.2, 0.25) is 0 Å². The summed E-state index contributed by atoms with van der Waals surface area (Å²) < 4.78 is 0. The van der Waals surface area contributed by atoms with Crippen LogP contribution in [-0.2, 0) is 9.59 Å². The van der Waals surface area contributed by atoms with Crippen molar-refractivity contribution >= 4 is 11.9 Å². The first-order valence-electron chi connectivity index (χ1n) is 6.29. The molecule has 0 saturated carbocycles. The summed E-state index contributed by atoms with van der Waals surface area (Å²) in [5.74, 6) is -2.43. The van der Waals surface area contributed by atoms with Crippen LogP contribution in [0.25, 0.3) is 0 Å². The largest absolute Gasteiger partial charge is 0.481 e. The lowest BCUT2D eigenvalue weighted by molar-refractivity contribution is -0.148. The Labute approximate surface area is 109 Å². The van der Waals surface area contributed by atoms with Crippen molar-refractivity contribution in [1.82, 2.24) is 5.32 Å². The van der Waals surface area contributed by atoms with Crippen LogP contribution in [0.4, 0.5) is 0 Å². The van der Waals surface area contributed by atoms with Gasteiger partial charge in [-0.05, 0) is 17.8 Å². The molecule has 0 aliphatic rings. The topological polar surface area (TPSA) is 86.6 Å². The molecule has 0 saturated heterocycles. The molecule has 0 aromatic carbocycles. The maximum Gasteiger partial charge on any atom is 0.308 e. The molecule has 0 radical (unpaired) electrons. The predicted octanol–water partition coefficient (Wildman–Crippen LogP) is 1.82. The third-order valence-electron chi connectivity index (χ3n) is 2.73. The van der Waals surface area contributed by atoms with Crippen LogP contribution < -0.4 is 5.32 Å². The van der Waals surface area contributed by atoms with E-state index in [0.29, 0.717) is 12.5 Å². The minimum absolute atomic E-state index is 0.0838. The fourth-order valence-corrected chi connectivity index (χ4v) is 2.22. The number of rotatable bonds is 9. The zero-order valence-corrected chi connectivity index (χ0v) is 11.7. The fourth-order valence-electron chi connectivity index (χ4n) is 2.22. The van der Waals surface area contributed by atoms with E-state index in [4.69, 9.17) is 10.2 Å². The van der Waals surface area contributed by atoms with E-state index in [-0.39, 0.29) is 18.4 Å². The maximum atomic E-state index is 10.9. The Morgan fingerprint density at radius 3 is 2.17 bits per heavy atom. The Morgan fingerprint density at radius 2 is 1.78 bits per heavy atom. The average Bonchev–Trinajstić information content (AvgIpc) is 2.12. The minimum Gasteiger partial charge on any atom is -0.481 e. The van der Waals surface area contributed by atoms with Gasteiger partial charge in [-0.2, -0.15) is 0 Å². The summed E-state index contributed by atoms with van der Waals surface area (Å²) in [6.45, 7) is 9.41. The van der Waals surface area contributed by atoms with E-state index >= 15 is 0 Å². The van der Waals surface area contributed by atoms with Crippen LogP contribution in [0.15, 0.2) is 0 Å². The highest BCUT2D eigenvalue weighted by Crippen LogP contribution is 2.24. The number of nitrogens with one attached hydrogen (secondary N) is 1. The van der Waals surface area contributed by atoms with E-state index in [1.807, 2.05) is 0 Å². The number of carboxylic acids is 2. The number of carbonyl (C=O) groups is 2. The summed E-state index contributed by atoms with van der Waals surface area (Å²) >= 11 is 0. The highest BCUT2D eigenvalue weighted by molar-refractivity contribution is 5.77. The number of hydrogen-bond donors (Lipinski definition) is 3. The van der Waals surface area contributed by atoms with Gasteiger partial charge in [-0.15, -0.1) is 0 Å². The SMILES string of the molecule is CC(C)CC(C)(C)CNCC(CC(=O)O)C(=O)O. The molecule has 0 amide bonds. The second-order valence-electron chi connectivity index (χ2n) is 6.03. The number of carboxylic acid groups (broad SMARTS) is 2. The minimum atomic E-state index is -1.08. The van der Waals surface area contributed by atoms with Gasteiger partial charge >= 0.3 is 11.9 Å². The molecule has 0 heterocycles. The van der Waals surface area contributed by atoms with Crippen molar-refractivity contribution in [3.8, 4) is 0 Å². The normalized spacial score (nSPS) is 13.6. The molecule has 3 N–H and O–H groups in total. The highest BCUT2D eigenvalue weighted by Gasteiger charge is 2.23. The van der Waals surface area contributed by atoms with Crippen molar-refractivity contribution in [1.29, 1.82) is 0 Å². The summed E-state index contributed by atoms with van der Waals surface area (Å²) in [6, 6.07) is 0. The summed E-state index contributed by atoms with van der Waals surface area (Å²) in [5, 5.41) is 20.6. The van der Waals surface area contributed by atoms with Gasteiger partial charge < -0.3 is 15.5 Å². The first-order chi connectivity index (χ1) is 8.14. The van der Waals surface area contributed by atoms with Gasteiger partial charge in [0, 0.05) is 13.1 Å². The lowest BCUT2D eigenvalue weighted by atomic mass is 9.84. The second kappa shape index (κ2) is 7.36. The Morgan fingerprint density at radius 1 is 1.22 bits per heavy atom. The van der Waals surface area contributed by atoms with E-state index in [0.717, 1.165) is 6.42 Å². The Bertz CT molecular complexity index is 287. The predicted molar refractivity (Wildman–Crippen MR) is 69.5 cm³/mol. The molecule has 5 heteroatoms. The summed E-state index contributed by atoms with van der Waals surface area (Å²) in [6.07, 6.45) is 0.698. The molecule has 0 rings (SSSR count). The molecule has 106 valence electrons. The van der Waals surface area contributed by atoms with E-state index in [1.54, 1.807) is 0 Å². The van der Waals surface area contributed by atoms with Crippen molar-refractivity contribution in [2.75, 3.05) is 13.1 Å². The number of aliphatic carboxylic acids is 2. The summed E-state index contributed by atoms with van der Waals surface area (Å²) in [7, 11) is 0. The monoisotopic (exact) mass is 259 g/mol. The molecule has 1 unspecified atom stereocenters. The highest BCUT2D eigenvalue weighted by atomic mass is 16.4. The standard InChI is InChI=1S/C13H25NO4/c1-9(2)6-13(3,4)8-14-7-10(12(17)18)5-11(15)16/h9-10,14H,5-8H2,1-4H3,(H,15,16)(H,17,18). The van der Waals surface area contributed by atoms with Crippen molar-refractivity contribution in [3.05, 3.63) is 0 Å². The fraction of sp³-hybridized carbons (Fsp3) is 0.846. The van der Waals surface area contributed by atoms with Gasteiger partial charge in [0.2, 0.25) is 0 Å². The maximum absolute atomic E-state index is 10.9. The van der Waals surface area contributed by atoms with E-state index in [9.17, 15) is 9.59 Å². The second-order valence-corrected chi connectivity index (χ2v) is 6.03. The molecule has 0 aliphatic carbocycles. The molecule has 5 nitrogen and oxygen atoms in total. The van der Waals surface area contributed by atoms with Gasteiger partial charge in [0.05, 0.1) is 12.3 Å². The summed E-state index contributed by atoms with van der Waals surface area (Å²) in [5.41, 5.74) is 0.0838. The van der Waals surface area contributed by atoms with Crippen LogP contribution in [0.3, 0.4) is 0 Å². The lowest BCUT2D eigenvalue weighted by Crippen LogP contribution is -2.36. The van der Waals surface area contributed by atoms with E-state index < -0.39 is 17.9 Å². The Hall–Kier alpha value is -1.10. The van der Waals surface area contributed by atoms with Crippen LogP contribution in [0, 0.1) is 17.3 Å². The zero-order chi connectivity index (χ0) is 14.3. The van der Waals surface area contributed by atoms with Crippen molar-refractivity contribution in [2.24, 2.45) is 17.3 Å². The van der Waals surface area contributed by atoms with Gasteiger partial charge in [0.25, 0.3) is 0 Å². The van der Waals surface area contributed by atoms with E-state index in [2.05, 4.69) is 33.0 Å². The summed E-state index contributed by atoms with van der Waals surface area (Å²) in [4.78, 5) is 21.4. The van der Waals surface area contributed by atoms with Gasteiger partial charge in [-0.25, -0.2) is 0 Å². The lowest BCUT2D eigenvalue weighted by Gasteiger charge is -2.27. The molecule has 0 aliphatic heterocycles. The molecule has 18 heavy (non-hydrogen) atoms. The van der Waals surface area contributed by atoms with Gasteiger partial charge in [0.1, 0.15) is 0 Å². The Balaban J connectivity index is 4.13. The van der Waals surface area contributed by atoms with Gasteiger partial charge in [0.15, 0.2) is 0 Å². The molecule has 0 aromatic heterocycles. The smallest absolute Gasteiger partial charge is 0.308 e. The molecule has 0 aromatic rings. The van der Waals surface area contributed by atoms with Gasteiger partial charge in [-0.3, -0.25) is 9.59 Å². The van der Waals surface area contributed by atoms with Crippen molar-refractivity contribution in [3.63, 3.8) is 0 Å². The van der Waals surface area contributed by atoms with Crippen LogP contribution in [-0.4, -0.2) is 35.2 Å². The third kappa shape index (κ3) is 8.06. The molecule has 0 fully saturated rings. The van der Waals surface area contributed by atoms with E-state index in [1.165, 1.54) is 0 Å². The zero-order valence-electron chi connectivity index (χ0n) is 11.7. The number of hydrogen-bond acceptors (Lipinski definition) is 3. The first kappa shape index (κ1) is 16.9. The molecule has 1 atom stereocenters. The first-order valence-corrected chi connectivity index (χ1v) is 6.29. The van der Waals surface area contributed by atoms with Crippen LogP contribution >= 0.6 is 0 Å². The van der Waals surface area contributed by atoms with Crippen molar-refractivity contribution < 1.29 is 19.8 Å². The van der Waals surface area contributed by atoms with Crippen molar-refractivity contribution in [2.45, 2.75) is 40.5 Å². The van der Waals surface area contributed by atoms with Crippen LogP contribution in [0.5, 0.6) is 0 Å². The third-order valence-corrected chi connectivity index (χ3v) is 2.73. The van der Waals surface area contributed by atoms with Crippen LogP contribution in [0.1, 0.15) is 40.5 Å². The van der Waals surface area contributed by atoms with Gasteiger partial charge in [-0.1, -0.05) is 27.7 Å². The molecular weight excluding hydrogens is 234 g/mol. The quantitative estimate of drug-likeness (QED) is 0.588. The Kier molecular flexibility index (Phi) is 6.91. The molecule has 0 bridgehead atoms. The molecule has 0 spiro atoms. The molecular formula is C13H25NO4. The average molecular weight is 259 g/mol.